The number of nitrogens with one attached hydrogen (secondary N) is 1. The summed E-state index contributed by atoms with van der Waals surface area (Å²) in [4.78, 5) is 38.8. The standard InChI is InChI=1S/C21H21N3O4/c1-3-23(4-2)14-9-11-15(12-10-14)24(21(27)28)22-18-13-19(25)16-7-5-6-8-17(16)20(18)26/h5-13,22H,3-4H2,1-2H3,(H,27,28). The number of fused-ring (bicyclic) bond motifs is 1. The topological polar surface area (TPSA) is 90.0 Å². The fourth-order valence-corrected chi connectivity index (χ4v) is 3.14. The van der Waals surface area contributed by atoms with E-state index in [1.165, 1.54) is 0 Å². The molecule has 3 rings (SSSR count). The van der Waals surface area contributed by atoms with Crippen LogP contribution in [0.25, 0.3) is 0 Å². The lowest BCUT2D eigenvalue weighted by Crippen LogP contribution is -2.44. The molecule has 0 saturated carbocycles. The van der Waals surface area contributed by atoms with Gasteiger partial charge in [0.1, 0.15) is 5.70 Å². The molecule has 0 saturated heterocycles. The van der Waals surface area contributed by atoms with Crippen LogP contribution in [-0.2, 0) is 0 Å². The quantitative estimate of drug-likeness (QED) is 0.747. The highest BCUT2D eigenvalue weighted by atomic mass is 16.4. The van der Waals surface area contributed by atoms with Gasteiger partial charge >= 0.3 is 6.09 Å². The Morgan fingerprint density at radius 1 is 0.929 bits per heavy atom. The second kappa shape index (κ2) is 7.96. The summed E-state index contributed by atoms with van der Waals surface area (Å²) in [5.74, 6) is -0.777. The zero-order valence-electron chi connectivity index (χ0n) is 15.7. The monoisotopic (exact) mass is 379 g/mol. The number of anilines is 2. The third-order valence-corrected chi connectivity index (χ3v) is 4.62. The van der Waals surface area contributed by atoms with Crippen LogP contribution in [0.4, 0.5) is 16.2 Å². The van der Waals surface area contributed by atoms with Crippen molar-refractivity contribution < 1.29 is 19.5 Å². The number of hydrazine groups is 1. The van der Waals surface area contributed by atoms with Crippen LogP contribution in [0.3, 0.4) is 0 Å². The average Bonchev–Trinajstić information content (AvgIpc) is 2.71. The highest BCUT2D eigenvalue weighted by Crippen LogP contribution is 2.23. The number of ketones is 2. The van der Waals surface area contributed by atoms with Crippen molar-refractivity contribution in [3.05, 3.63) is 71.4 Å². The van der Waals surface area contributed by atoms with E-state index in [9.17, 15) is 19.5 Å². The first kappa shape index (κ1) is 19.2. The third-order valence-electron chi connectivity index (χ3n) is 4.62. The number of carbonyl (C=O) groups excluding carboxylic acids is 2. The minimum atomic E-state index is -1.30. The Labute approximate surface area is 162 Å². The number of allylic oxidation sites excluding steroid dienone is 2. The molecule has 1 amide bonds. The molecule has 0 aromatic heterocycles. The van der Waals surface area contributed by atoms with Crippen molar-refractivity contribution in [2.45, 2.75) is 13.8 Å². The first-order valence-corrected chi connectivity index (χ1v) is 9.00. The number of carboxylic acid groups (broad SMARTS) is 1. The summed E-state index contributed by atoms with van der Waals surface area (Å²) in [5, 5.41) is 10.4. The molecule has 0 spiro atoms. The van der Waals surface area contributed by atoms with E-state index in [-0.39, 0.29) is 17.0 Å². The molecule has 1 aliphatic carbocycles. The number of Topliss-reactive ketones (excluding diaryl/α,β-unsaturated/α-hetero) is 1. The van der Waals surface area contributed by atoms with Gasteiger partial charge in [0.2, 0.25) is 5.78 Å². The van der Waals surface area contributed by atoms with Crippen LogP contribution in [0.5, 0.6) is 0 Å². The van der Waals surface area contributed by atoms with E-state index in [4.69, 9.17) is 0 Å². The molecular formula is C21H21N3O4. The lowest BCUT2D eigenvalue weighted by Gasteiger charge is -2.26. The molecule has 7 nitrogen and oxygen atoms in total. The highest BCUT2D eigenvalue weighted by molar-refractivity contribution is 6.24. The van der Waals surface area contributed by atoms with E-state index in [0.29, 0.717) is 11.3 Å². The summed E-state index contributed by atoms with van der Waals surface area (Å²) >= 11 is 0. The van der Waals surface area contributed by atoms with E-state index in [1.807, 2.05) is 26.0 Å². The van der Waals surface area contributed by atoms with Crippen molar-refractivity contribution in [1.82, 2.24) is 5.43 Å². The first-order chi connectivity index (χ1) is 13.5. The number of hydrogen-bond acceptors (Lipinski definition) is 5. The van der Waals surface area contributed by atoms with Crippen molar-refractivity contribution in [3.8, 4) is 0 Å². The summed E-state index contributed by atoms with van der Waals surface area (Å²) in [6.07, 6.45) is -0.166. The molecule has 28 heavy (non-hydrogen) atoms. The van der Waals surface area contributed by atoms with Crippen LogP contribution in [-0.4, -0.2) is 35.9 Å². The van der Waals surface area contributed by atoms with E-state index in [0.717, 1.165) is 29.9 Å². The predicted octanol–water partition coefficient (Wildman–Crippen LogP) is 3.48. The maximum Gasteiger partial charge on any atom is 0.430 e. The van der Waals surface area contributed by atoms with Gasteiger partial charge in [0.15, 0.2) is 5.78 Å². The van der Waals surface area contributed by atoms with Gasteiger partial charge in [-0.2, -0.15) is 5.01 Å². The number of hydrogen-bond donors (Lipinski definition) is 2. The largest absolute Gasteiger partial charge is 0.463 e. The number of rotatable bonds is 6. The molecular weight excluding hydrogens is 358 g/mol. The lowest BCUT2D eigenvalue weighted by atomic mass is 9.93. The lowest BCUT2D eigenvalue weighted by molar-refractivity contribution is 0.0977. The Morgan fingerprint density at radius 3 is 2.07 bits per heavy atom. The Morgan fingerprint density at radius 2 is 1.50 bits per heavy atom. The smallest absolute Gasteiger partial charge is 0.430 e. The summed E-state index contributed by atoms with van der Waals surface area (Å²) in [7, 11) is 0. The van der Waals surface area contributed by atoms with E-state index in [2.05, 4.69) is 10.3 Å². The van der Waals surface area contributed by atoms with Crippen molar-refractivity contribution in [2.75, 3.05) is 23.0 Å². The molecule has 0 atom stereocenters. The Hall–Kier alpha value is -3.61. The zero-order valence-corrected chi connectivity index (χ0v) is 15.7. The van der Waals surface area contributed by atoms with Crippen LogP contribution in [0, 0.1) is 0 Å². The van der Waals surface area contributed by atoms with Gasteiger partial charge in [-0.05, 0) is 38.1 Å². The molecule has 144 valence electrons. The van der Waals surface area contributed by atoms with E-state index < -0.39 is 11.9 Å². The van der Waals surface area contributed by atoms with Gasteiger partial charge in [-0.25, -0.2) is 4.79 Å². The third kappa shape index (κ3) is 3.59. The minimum absolute atomic E-state index is 0.0843. The number of nitrogens with zero attached hydrogens (tertiary/aromatic N) is 2. The Kier molecular flexibility index (Phi) is 5.44. The summed E-state index contributed by atoms with van der Waals surface area (Å²) in [6, 6.07) is 13.4. The minimum Gasteiger partial charge on any atom is -0.463 e. The second-order valence-corrected chi connectivity index (χ2v) is 6.22. The van der Waals surface area contributed by atoms with Crippen molar-refractivity contribution in [3.63, 3.8) is 0 Å². The SMILES string of the molecule is CCN(CC)c1ccc(N(NC2=CC(=O)c3ccccc3C2=O)C(=O)O)cc1. The van der Waals surface area contributed by atoms with Gasteiger partial charge in [-0.15, -0.1) is 0 Å². The molecule has 2 aromatic carbocycles. The number of benzene rings is 2. The molecule has 0 unspecified atom stereocenters. The molecule has 0 radical (unpaired) electrons. The molecule has 0 aliphatic heterocycles. The molecule has 0 fully saturated rings. The molecule has 0 bridgehead atoms. The molecule has 2 N–H and O–H groups in total. The van der Waals surface area contributed by atoms with Crippen LogP contribution in [0.15, 0.2) is 60.3 Å². The van der Waals surface area contributed by atoms with Gasteiger partial charge < -0.3 is 10.0 Å². The van der Waals surface area contributed by atoms with E-state index in [1.54, 1.807) is 36.4 Å². The van der Waals surface area contributed by atoms with Crippen molar-refractivity contribution in [2.24, 2.45) is 0 Å². The summed E-state index contributed by atoms with van der Waals surface area (Å²) < 4.78 is 0. The number of carbonyl (C=O) groups is 3. The van der Waals surface area contributed by atoms with Gasteiger partial charge in [-0.3, -0.25) is 15.0 Å². The second-order valence-electron chi connectivity index (χ2n) is 6.22. The summed E-state index contributed by atoms with van der Waals surface area (Å²) in [5.41, 5.74) is 4.36. The average molecular weight is 379 g/mol. The highest BCUT2D eigenvalue weighted by Gasteiger charge is 2.28. The van der Waals surface area contributed by atoms with Crippen molar-refractivity contribution >= 4 is 29.0 Å². The van der Waals surface area contributed by atoms with Gasteiger partial charge in [0, 0.05) is 36.0 Å². The maximum atomic E-state index is 12.7. The van der Waals surface area contributed by atoms with Crippen LogP contribution < -0.4 is 15.3 Å². The van der Waals surface area contributed by atoms with Crippen LogP contribution in [0.2, 0.25) is 0 Å². The van der Waals surface area contributed by atoms with Gasteiger partial charge in [0.25, 0.3) is 0 Å². The van der Waals surface area contributed by atoms with Crippen LogP contribution in [0.1, 0.15) is 34.6 Å². The molecule has 2 aromatic rings. The Balaban J connectivity index is 1.87. The Bertz CT molecular complexity index is 946. The zero-order chi connectivity index (χ0) is 20.3. The number of amides is 1. The molecule has 0 heterocycles. The van der Waals surface area contributed by atoms with E-state index >= 15 is 0 Å². The van der Waals surface area contributed by atoms with Gasteiger partial charge in [-0.1, -0.05) is 24.3 Å². The normalized spacial score (nSPS) is 12.9. The fourth-order valence-electron chi connectivity index (χ4n) is 3.14. The maximum absolute atomic E-state index is 12.7. The summed E-state index contributed by atoms with van der Waals surface area (Å²) in [6.45, 7) is 5.75. The fraction of sp³-hybridized carbons (Fsp3) is 0.190. The molecule has 7 heteroatoms. The van der Waals surface area contributed by atoms with Crippen molar-refractivity contribution in [1.29, 1.82) is 0 Å². The first-order valence-electron chi connectivity index (χ1n) is 9.00. The molecule has 1 aliphatic rings. The van der Waals surface area contributed by atoms with Crippen LogP contribution >= 0.6 is 0 Å². The van der Waals surface area contributed by atoms with Gasteiger partial charge in [0.05, 0.1) is 5.69 Å². The predicted molar refractivity (Wildman–Crippen MR) is 107 cm³/mol.